The van der Waals surface area contributed by atoms with Crippen molar-refractivity contribution in [2.45, 2.75) is 39.0 Å². The van der Waals surface area contributed by atoms with E-state index in [1.807, 2.05) is 0 Å². The molecule has 1 aliphatic carbocycles. The molecule has 0 aromatic heterocycles. The van der Waals surface area contributed by atoms with Gasteiger partial charge in [-0.05, 0) is 46.8 Å². The van der Waals surface area contributed by atoms with Crippen LogP contribution in [0.15, 0.2) is 22.7 Å². The molecule has 98 valence electrons. The molecule has 0 heterocycles. The third-order valence-corrected chi connectivity index (χ3v) is 4.60. The Balaban J connectivity index is 2.27. The molecular formula is C15H18BrFO. The van der Waals surface area contributed by atoms with Crippen molar-refractivity contribution in [1.82, 2.24) is 0 Å². The lowest BCUT2D eigenvalue weighted by Gasteiger charge is -2.29. The maximum atomic E-state index is 14.0. The summed E-state index contributed by atoms with van der Waals surface area (Å²) in [4.78, 5) is 12.5. The van der Waals surface area contributed by atoms with Crippen molar-refractivity contribution in [3.05, 3.63) is 34.1 Å². The number of rotatable bonds is 3. The van der Waals surface area contributed by atoms with Gasteiger partial charge in [-0.3, -0.25) is 4.79 Å². The van der Waals surface area contributed by atoms with E-state index < -0.39 is 5.82 Å². The highest BCUT2D eigenvalue weighted by molar-refractivity contribution is 9.10. The van der Waals surface area contributed by atoms with E-state index >= 15 is 0 Å². The van der Waals surface area contributed by atoms with Gasteiger partial charge in [0.25, 0.3) is 0 Å². The molecule has 3 heteroatoms. The van der Waals surface area contributed by atoms with Crippen molar-refractivity contribution in [3.63, 3.8) is 0 Å². The van der Waals surface area contributed by atoms with Crippen LogP contribution in [-0.4, -0.2) is 5.78 Å². The van der Waals surface area contributed by atoms with Gasteiger partial charge in [0.1, 0.15) is 5.82 Å². The number of hydrogen-bond donors (Lipinski definition) is 0. The molecule has 2 unspecified atom stereocenters. The number of carbonyl (C=O) groups is 1. The van der Waals surface area contributed by atoms with Crippen LogP contribution in [0.2, 0.25) is 0 Å². The zero-order valence-corrected chi connectivity index (χ0v) is 12.2. The van der Waals surface area contributed by atoms with Gasteiger partial charge in [0.2, 0.25) is 0 Å². The Morgan fingerprint density at radius 1 is 1.39 bits per heavy atom. The Morgan fingerprint density at radius 2 is 2.11 bits per heavy atom. The van der Waals surface area contributed by atoms with E-state index in [1.54, 1.807) is 18.2 Å². The standard InChI is InChI=1S/C15H18BrFO/c1-2-10-6-3-4-7-11(10)15(18)12-8-5-9-13(16)14(12)17/h5,8-11H,2-4,6-7H2,1H3. The fraction of sp³-hybridized carbons (Fsp3) is 0.533. The van der Waals surface area contributed by atoms with E-state index in [2.05, 4.69) is 22.9 Å². The monoisotopic (exact) mass is 312 g/mol. The smallest absolute Gasteiger partial charge is 0.169 e. The van der Waals surface area contributed by atoms with Crippen LogP contribution >= 0.6 is 15.9 Å². The van der Waals surface area contributed by atoms with E-state index in [1.165, 1.54) is 6.42 Å². The summed E-state index contributed by atoms with van der Waals surface area (Å²) in [5.74, 6) is 0.000424. The van der Waals surface area contributed by atoms with Gasteiger partial charge in [-0.2, -0.15) is 0 Å². The highest BCUT2D eigenvalue weighted by Crippen LogP contribution is 2.35. The molecule has 0 saturated heterocycles. The Morgan fingerprint density at radius 3 is 2.83 bits per heavy atom. The van der Waals surface area contributed by atoms with Gasteiger partial charge in [-0.15, -0.1) is 0 Å². The minimum atomic E-state index is -0.414. The minimum Gasteiger partial charge on any atom is -0.294 e. The Hall–Kier alpha value is -0.700. The van der Waals surface area contributed by atoms with Gasteiger partial charge in [0.15, 0.2) is 5.78 Å². The van der Waals surface area contributed by atoms with Crippen LogP contribution in [0.5, 0.6) is 0 Å². The van der Waals surface area contributed by atoms with Crippen LogP contribution in [-0.2, 0) is 0 Å². The average Bonchev–Trinajstić information content (AvgIpc) is 2.41. The highest BCUT2D eigenvalue weighted by atomic mass is 79.9. The topological polar surface area (TPSA) is 17.1 Å². The molecule has 18 heavy (non-hydrogen) atoms. The molecule has 0 bridgehead atoms. The molecule has 0 radical (unpaired) electrons. The molecule has 0 aliphatic heterocycles. The Labute approximate surface area is 116 Å². The maximum Gasteiger partial charge on any atom is 0.169 e. The van der Waals surface area contributed by atoms with Crippen LogP contribution in [0.1, 0.15) is 49.4 Å². The Kier molecular flexibility index (Phi) is 4.55. The SMILES string of the molecule is CCC1CCCCC1C(=O)c1cccc(Br)c1F. The summed E-state index contributed by atoms with van der Waals surface area (Å²) in [5, 5.41) is 0. The van der Waals surface area contributed by atoms with Crippen LogP contribution < -0.4 is 0 Å². The largest absolute Gasteiger partial charge is 0.294 e. The lowest BCUT2D eigenvalue weighted by Crippen LogP contribution is -2.27. The van der Waals surface area contributed by atoms with Crippen molar-refractivity contribution in [2.75, 3.05) is 0 Å². The number of benzene rings is 1. The van der Waals surface area contributed by atoms with Crippen LogP contribution in [0, 0.1) is 17.7 Å². The molecule has 0 N–H and O–H groups in total. The fourth-order valence-corrected chi connectivity index (χ4v) is 3.30. The summed E-state index contributed by atoms with van der Waals surface area (Å²) in [7, 11) is 0. The number of hydrogen-bond acceptors (Lipinski definition) is 1. The van der Waals surface area contributed by atoms with E-state index in [-0.39, 0.29) is 17.3 Å². The maximum absolute atomic E-state index is 14.0. The lowest BCUT2D eigenvalue weighted by atomic mass is 9.74. The second kappa shape index (κ2) is 5.96. The summed E-state index contributed by atoms with van der Waals surface area (Å²) in [5.41, 5.74) is 0.245. The fourth-order valence-electron chi connectivity index (χ4n) is 2.94. The molecule has 1 nitrogen and oxygen atoms in total. The summed E-state index contributed by atoms with van der Waals surface area (Å²) in [6, 6.07) is 4.96. The molecule has 1 aromatic rings. The summed E-state index contributed by atoms with van der Waals surface area (Å²) < 4.78 is 14.3. The number of ketones is 1. The zero-order chi connectivity index (χ0) is 13.1. The summed E-state index contributed by atoms with van der Waals surface area (Å²) >= 11 is 3.14. The molecular weight excluding hydrogens is 295 g/mol. The molecule has 0 spiro atoms. The third kappa shape index (κ3) is 2.66. The second-order valence-corrected chi connectivity index (χ2v) is 5.88. The summed E-state index contributed by atoms with van der Waals surface area (Å²) in [6.45, 7) is 2.12. The van der Waals surface area contributed by atoms with Crippen molar-refractivity contribution in [3.8, 4) is 0 Å². The van der Waals surface area contributed by atoms with E-state index in [0.29, 0.717) is 10.4 Å². The first-order chi connectivity index (χ1) is 8.65. The summed E-state index contributed by atoms with van der Waals surface area (Å²) in [6.07, 6.45) is 5.30. The first kappa shape index (κ1) is 13.7. The first-order valence-corrected chi connectivity index (χ1v) is 7.42. The van der Waals surface area contributed by atoms with Crippen LogP contribution in [0.25, 0.3) is 0 Å². The van der Waals surface area contributed by atoms with Gasteiger partial charge in [-0.25, -0.2) is 4.39 Å². The van der Waals surface area contributed by atoms with E-state index in [4.69, 9.17) is 0 Å². The quantitative estimate of drug-likeness (QED) is 0.719. The second-order valence-electron chi connectivity index (χ2n) is 5.02. The number of halogens is 2. The highest BCUT2D eigenvalue weighted by Gasteiger charge is 2.31. The first-order valence-electron chi connectivity index (χ1n) is 6.63. The minimum absolute atomic E-state index is 0.00699. The van der Waals surface area contributed by atoms with Gasteiger partial charge in [0.05, 0.1) is 10.0 Å². The van der Waals surface area contributed by atoms with Crippen LogP contribution in [0.3, 0.4) is 0 Å². The van der Waals surface area contributed by atoms with Crippen molar-refractivity contribution in [2.24, 2.45) is 11.8 Å². The molecule has 1 fully saturated rings. The zero-order valence-electron chi connectivity index (χ0n) is 10.6. The molecule has 2 rings (SSSR count). The normalized spacial score (nSPS) is 23.9. The molecule has 2 atom stereocenters. The molecule has 0 amide bonds. The van der Waals surface area contributed by atoms with Gasteiger partial charge in [-0.1, -0.05) is 32.3 Å². The number of Topliss-reactive ketones (excluding diaryl/α,β-unsaturated/α-hetero) is 1. The molecule has 1 aromatic carbocycles. The van der Waals surface area contributed by atoms with Crippen molar-refractivity contribution >= 4 is 21.7 Å². The predicted molar refractivity (Wildman–Crippen MR) is 74.2 cm³/mol. The predicted octanol–water partition coefficient (Wildman–Crippen LogP) is 4.99. The molecule has 1 saturated carbocycles. The average molecular weight is 313 g/mol. The lowest BCUT2D eigenvalue weighted by molar-refractivity contribution is 0.0816. The van der Waals surface area contributed by atoms with E-state index in [9.17, 15) is 9.18 Å². The van der Waals surface area contributed by atoms with Crippen molar-refractivity contribution < 1.29 is 9.18 Å². The van der Waals surface area contributed by atoms with Crippen molar-refractivity contribution in [1.29, 1.82) is 0 Å². The van der Waals surface area contributed by atoms with Gasteiger partial charge < -0.3 is 0 Å². The number of carbonyl (C=O) groups excluding carboxylic acids is 1. The molecule has 1 aliphatic rings. The van der Waals surface area contributed by atoms with E-state index in [0.717, 1.165) is 25.7 Å². The third-order valence-electron chi connectivity index (χ3n) is 3.99. The van der Waals surface area contributed by atoms with Crippen LogP contribution in [0.4, 0.5) is 4.39 Å². The van der Waals surface area contributed by atoms with Gasteiger partial charge >= 0.3 is 0 Å². The Bertz CT molecular complexity index is 444. The van der Waals surface area contributed by atoms with Gasteiger partial charge in [0, 0.05) is 5.92 Å².